The van der Waals surface area contributed by atoms with Crippen LogP contribution in [0.5, 0.6) is 0 Å². The van der Waals surface area contributed by atoms with Crippen molar-refractivity contribution in [2.24, 2.45) is 0 Å². The normalized spacial score (nSPS) is 10.2. The van der Waals surface area contributed by atoms with Gasteiger partial charge in [-0.1, -0.05) is 18.2 Å². The number of carbonyl (C=O) groups is 2. The number of thiazole rings is 1. The van der Waals surface area contributed by atoms with Crippen LogP contribution < -0.4 is 5.32 Å². The number of carbonyl (C=O) groups excluding carboxylic acids is 1. The number of benzene rings is 1. The van der Waals surface area contributed by atoms with Crippen molar-refractivity contribution in [3.63, 3.8) is 0 Å². The van der Waals surface area contributed by atoms with Gasteiger partial charge in [0.15, 0.2) is 5.13 Å². The van der Waals surface area contributed by atoms with Crippen molar-refractivity contribution in [1.82, 2.24) is 4.98 Å². The van der Waals surface area contributed by atoms with Crippen LogP contribution in [0.25, 0.3) is 0 Å². The molecule has 6 heteroatoms. The maximum atomic E-state index is 11.8. The van der Waals surface area contributed by atoms with Crippen LogP contribution in [0.4, 0.5) is 5.13 Å². The Morgan fingerprint density at radius 2 is 2.11 bits per heavy atom. The van der Waals surface area contributed by atoms with E-state index in [0.717, 1.165) is 4.88 Å². The van der Waals surface area contributed by atoms with Gasteiger partial charge in [0, 0.05) is 11.1 Å². The molecule has 0 aliphatic heterocycles. The second-order valence-electron chi connectivity index (χ2n) is 3.96. The molecule has 2 aromatic rings. The minimum absolute atomic E-state index is 0.0150. The minimum Gasteiger partial charge on any atom is -0.478 e. The van der Waals surface area contributed by atoms with Crippen molar-refractivity contribution in [3.8, 4) is 0 Å². The first-order valence-electron chi connectivity index (χ1n) is 5.60. The number of hydrogen-bond donors (Lipinski definition) is 2. The van der Waals surface area contributed by atoms with Gasteiger partial charge in [-0.25, -0.2) is 9.78 Å². The zero-order valence-corrected chi connectivity index (χ0v) is 11.0. The molecule has 0 bridgehead atoms. The molecule has 0 atom stereocenters. The first kappa shape index (κ1) is 13.2. The molecule has 98 valence electrons. The number of aromatic nitrogens is 1. The first-order chi connectivity index (χ1) is 9.06. The van der Waals surface area contributed by atoms with Crippen molar-refractivity contribution >= 4 is 28.3 Å². The summed E-state index contributed by atoms with van der Waals surface area (Å²) >= 11 is 1.38. The molecule has 1 amide bonds. The number of aromatic carboxylic acids is 1. The average Bonchev–Trinajstić information content (AvgIpc) is 2.75. The van der Waals surface area contributed by atoms with Crippen LogP contribution in [0.3, 0.4) is 0 Å². The Labute approximate surface area is 113 Å². The predicted molar refractivity (Wildman–Crippen MR) is 72.6 cm³/mol. The van der Waals surface area contributed by atoms with E-state index in [0.29, 0.717) is 10.7 Å². The molecular weight excluding hydrogens is 264 g/mol. The Bertz CT molecular complexity index is 622. The van der Waals surface area contributed by atoms with Gasteiger partial charge in [0.05, 0.1) is 12.0 Å². The van der Waals surface area contributed by atoms with E-state index in [2.05, 4.69) is 10.3 Å². The number of nitrogens with zero attached hydrogens (tertiary/aromatic N) is 1. The maximum absolute atomic E-state index is 11.8. The maximum Gasteiger partial charge on any atom is 0.335 e. The molecule has 1 aromatic heterocycles. The summed E-state index contributed by atoms with van der Waals surface area (Å²) in [7, 11) is 0. The van der Waals surface area contributed by atoms with Crippen LogP contribution in [0.2, 0.25) is 0 Å². The van der Waals surface area contributed by atoms with Gasteiger partial charge in [-0.15, -0.1) is 11.3 Å². The largest absolute Gasteiger partial charge is 0.478 e. The monoisotopic (exact) mass is 276 g/mol. The molecule has 0 fully saturated rings. The smallest absolute Gasteiger partial charge is 0.335 e. The number of anilines is 1. The van der Waals surface area contributed by atoms with Gasteiger partial charge in [-0.2, -0.15) is 0 Å². The second kappa shape index (κ2) is 5.62. The Hall–Kier alpha value is -2.21. The summed E-state index contributed by atoms with van der Waals surface area (Å²) in [6.45, 7) is 1.90. The molecule has 1 aromatic carbocycles. The Morgan fingerprint density at radius 1 is 1.37 bits per heavy atom. The van der Waals surface area contributed by atoms with Gasteiger partial charge in [-0.3, -0.25) is 4.79 Å². The van der Waals surface area contributed by atoms with Gasteiger partial charge in [-0.05, 0) is 18.6 Å². The van der Waals surface area contributed by atoms with Crippen molar-refractivity contribution in [2.45, 2.75) is 13.3 Å². The minimum atomic E-state index is -1.03. The van der Waals surface area contributed by atoms with Crippen molar-refractivity contribution in [3.05, 3.63) is 46.5 Å². The van der Waals surface area contributed by atoms with Crippen molar-refractivity contribution < 1.29 is 14.7 Å². The zero-order valence-electron chi connectivity index (χ0n) is 10.2. The number of aryl methyl sites for hydroxylation is 1. The van der Waals surface area contributed by atoms with Crippen LogP contribution in [0.1, 0.15) is 20.8 Å². The lowest BCUT2D eigenvalue weighted by Crippen LogP contribution is -2.16. The fourth-order valence-corrected chi connectivity index (χ4v) is 2.31. The van der Waals surface area contributed by atoms with E-state index in [-0.39, 0.29) is 17.9 Å². The van der Waals surface area contributed by atoms with Crippen LogP contribution in [0, 0.1) is 6.92 Å². The van der Waals surface area contributed by atoms with Gasteiger partial charge < -0.3 is 10.4 Å². The number of carboxylic acids is 1. The highest BCUT2D eigenvalue weighted by Crippen LogP contribution is 2.17. The number of hydrogen-bond acceptors (Lipinski definition) is 4. The van der Waals surface area contributed by atoms with Gasteiger partial charge in [0.1, 0.15) is 0 Å². The first-order valence-corrected chi connectivity index (χ1v) is 6.41. The lowest BCUT2D eigenvalue weighted by atomic mass is 10.0. The Kier molecular flexibility index (Phi) is 3.91. The number of nitrogens with one attached hydrogen (secondary N) is 1. The van der Waals surface area contributed by atoms with Crippen LogP contribution in [-0.4, -0.2) is 22.0 Å². The molecule has 2 rings (SSSR count). The standard InChI is InChI=1S/C13H12N2O3S/c1-8-7-14-13(19-8)15-11(16)6-9-4-2-3-5-10(9)12(17)18/h2-5,7H,6H2,1H3,(H,17,18)(H,14,15,16). The highest BCUT2D eigenvalue weighted by molar-refractivity contribution is 7.15. The highest BCUT2D eigenvalue weighted by Gasteiger charge is 2.13. The van der Waals surface area contributed by atoms with E-state index >= 15 is 0 Å². The Morgan fingerprint density at radius 3 is 2.74 bits per heavy atom. The number of rotatable bonds is 4. The van der Waals surface area contributed by atoms with E-state index in [1.165, 1.54) is 17.4 Å². The third-order valence-corrected chi connectivity index (χ3v) is 3.29. The lowest BCUT2D eigenvalue weighted by molar-refractivity contribution is -0.115. The van der Waals surface area contributed by atoms with Crippen LogP contribution in [0.15, 0.2) is 30.5 Å². The molecule has 0 aliphatic rings. The molecule has 5 nitrogen and oxygen atoms in total. The molecule has 0 unspecified atom stereocenters. The summed E-state index contributed by atoms with van der Waals surface area (Å²) < 4.78 is 0. The number of carboxylic acid groups (broad SMARTS) is 1. The lowest BCUT2D eigenvalue weighted by Gasteiger charge is -2.05. The molecule has 19 heavy (non-hydrogen) atoms. The molecule has 0 radical (unpaired) electrons. The van der Waals surface area contributed by atoms with E-state index in [4.69, 9.17) is 5.11 Å². The third kappa shape index (κ3) is 3.38. The van der Waals surface area contributed by atoms with Crippen LogP contribution in [-0.2, 0) is 11.2 Å². The summed E-state index contributed by atoms with van der Waals surface area (Å²) in [5, 5.41) is 12.2. The molecule has 0 saturated heterocycles. The molecule has 0 saturated carbocycles. The van der Waals surface area contributed by atoms with Crippen LogP contribution >= 0.6 is 11.3 Å². The fourth-order valence-electron chi connectivity index (χ4n) is 1.63. The summed E-state index contributed by atoms with van der Waals surface area (Å²) in [5.41, 5.74) is 0.633. The quantitative estimate of drug-likeness (QED) is 0.898. The summed E-state index contributed by atoms with van der Waals surface area (Å²) in [5.74, 6) is -1.31. The van der Waals surface area contributed by atoms with Crippen molar-refractivity contribution in [1.29, 1.82) is 0 Å². The third-order valence-electron chi connectivity index (χ3n) is 2.47. The summed E-state index contributed by atoms with van der Waals surface area (Å²) in [6, 6.07) is 6.46. The fraction of sp³-hybridized carbons (Fsp3) is 0.154. The summed E-state index contributed by atoms with van der Waals surface area (Å²) in [6.07, 6.45) is 1.69. The molecule has 0 aliphatic carbocycles. The van der Waals surface area contributed by atoms with Gasteiger partial charge in [0.2, 0.25) is 5.91 Å². The molecular formula is C13H12N2O3S. The molecule has 2 N–H and O–H groups in total. The highest BCUT2D eigenvalue weighted by atomic mass is 32.1. The molecule has 1 heterocycles. The van der Waals surface area contributed by atoms with E-state index in [1.54, 1.807) is 24.4 Å². The van der Waals surface area contributed by atoms with E-state index in [1.807, 2.05) is 6.92 Å². The average molecular weight is 276 g/mol. The van der Waals surface area contributed by atoms with E-state index in [9.17, 15) is 9.59 Å². The van der Waals surface area contributed by atoms with Gasteiger partial charge >= 0.3 is 5.97 Å². The van der Waals surface area contributed by atoms with E-state index < -0.39 is 5.97 Å². The van der Waals surface area contributed by atoms with Crippen molar-refractivity contribution in [2.75, 3.05) is 5.32 Å². The predicted octanol–water partition coefficient (Wildman–Crippen LogP) is 2.33. The topological polar surface area (TPSA) is 79.3 Å². The summed E-state index contributed by atoms with van der Waals surface area (Å²) in [4.78, 5) is 27.9. The Balaban J connectivity index is 2.09. The SMILES string of the molecule is Cc1cnc(NC(=O)Cc2ccccc2C(=O)O)s1. The molecule has 0 spiro atoms. The number of amides is 1. The second-order valence-corrected chi connectivity index (χ2v) is 5.20. The zero-order chi connectivity index (χ0) is 13.8. The van der Waals surface area contributed by atoms with Gasteiger partial charge in [0.25, 0.3) is 0 Å².